The van der Waals surface area contributed by atoms with Gasteiger partial charge >= 0.3 is 6.09 Å². The van der Waals surface area contributed by atoms with Gasteiger partial charge in [-0.3, -0.25) is 10.1 Å². The molecule has 2 amide bonds. The summed E-state index contributed by atoms with van der Waals surface area (Å²) < 4.78 is 6.54. The van der Waals surface area contributed by atoms with Gasteiger partial charge in [-0.05, 0) is 43.5 Å². The Morgan fingerprint density at radius 3 is 2.64 bits per heavy atom. The largest absolute Gasteiger partial charge is 0.446 e. The van der Waals surface area contributed by atoms with Crippen molar-refractivity contribution in [1.82, 2.24) is 10.3 Å². The highest BCUT2D eigenvalue weighted by Gasteiger charge is 2.27. The number of hydrogen-bond donors (Lipinski definition) is 2. The first-order valence-corrected chi connectivity index (χ1v) is 10.2. The summed E-state index contributed by atoms with van der Waals surface area (Å²) in [6, 6.07) is 16.9. The number of benzene rings is 2. The van der Waals surface area contributed by atoms with E-state index >= 15 is 0 Å². The van der Waals surface area contributed by atoms with Gasteiger partial charge in [0.15, 0.2) is 5.01 Å². The number of carbonyl (C=O) groups is 2. The first-order chi connectivity index (χ1) is 13.7. The van der Waals surface area contributed by atoms with E-state index in [4.69, 9.17) is 4.74 Å². The molecule has 0 radical (unpaired) electrons. The van der Waals surface area contributed by atoms with Crippen LogP contribution in [0.4, 0.5) is 10.5 Å². The van der Waals surface area contributed by atoms with Crippen LogP contribution in [0.1, 0.15) is 35.5 Å². The van der Waals surface area contributed by atoms with Crippen molar-refractivity contribution in [3.63, 3.8) is 0 Å². The second-order valence-electron chi connectivity index (χ2n) is 6.84. The van der Waals surface area contributed by atoms with E-state index in [2.05, 4.69) is 15.6 Å². The summed E-state index contributed by atoms with van der Waals surface area (Å²) in [5.74, 6) is -0.166. The molecule has 0 bridgehead atoms. The Bertz CT molecular complexity index is 940. The minimum Gasteiger partial charge on any atom is -0.446 e. The highest BCUT2D eigenvalue weighted by atomic mass is 32.1. The van der Waals surface area contributed by atoms with Crippen LogP contribution in [-0.4, -0.2) is 29.1 Å². The number of aromatic nitrogens is 1. The molecule has 0 unspecified atom stereocenters. The van der Waals surface area contributed by atoms with Gasteiger partial charge in [0.1, 0.15) is 6.10 Å². The number of para-hydroxylation sites is 2. The zero-order valence-corrected chi connectivity index (χ0v) is 16.1. The molecule has 7 heteroatoms. The Morgan fingerprint density at radius 1 is 1.04 bits per heavy atom. The standard InChI is InChI=1S/C21H21N3O3S/c25-19(20-24-17-11-4-5-12-18(17)28-20)22-15-9-6-10-16(13-15)27-21(26)23-14-7-2-1-3-8-14/h1-5,7-8,11-12,15-16H,6,9-10,13H2,(H,22,25)(H,23,26)/t15-,16-/m1/s1. The smallest absolute Gasteiger partial charge is 0.411 e. The van der Waals surface area contributed by atoms with Crippen molar-refractivity contribution in [1.29, 1.82) is 0 Å². The molecule has 4 rings (SSSR count). The molecular weight excluding hydrogens is 374 g/mol. The predicted octanol–water partition coefficient (Wildman–Crippen LogP) is 4.59. The molecule has 1 aromatic heterocycles. The highest BCUT2D eigenvalue weighted by molar-refractivity contribution is 7.20. The molecule has 144 valence electrons. The van der Waals surface area contributed by atoms with Crippen LogP contribution in [0.5, 0.6) is 0 Å². The summed E-state index contributed by atoms with van der Waals surface area (Å²) in [5, 5.41) is 6.24. The van der Waals surface area contributed by atoms with E-state index in [1.807, 2.05) is 54.6 Å². The Morgan fingerprint density at radius 2 is 1.82 bits per heavy atom. The van der Waals surface area contributed by atoms with Crippen LogP contribution in [0.25, 0.3) is 10.2 Å². The molecule has 0 aliphatic heterocycles. The van der Waals surface area contributed by atoms with Crippen molar-refractivity contribution in [2.45, 2.75) is 37.8 Å². The van der Waals surface area contributed by atoms with Crippen molar-refractivity contribution in [3.8, 4) is 0 Å². The van der Waals surface area contributed by atoms with Crippen LogP contribution >= 0.6 is 11.3 Å². The van der Waals surface area contributed by atoms with Gasteiger partial charge < -0.3 is 10.1 Å². The van der Waals surface area contributed by atoms with Gasteiger partial charge in [-0.2, -0.15) is 0 Å². The fraction of sp³-hybridized carbons (Fsp3) is 0.286. The average molecular weight is 395 g/mol. The minimum atomic E-state index is -0.464. The third-order valence-electron chi connectivity index (χ3n) is 4.74. The van der Waals surface area contributed by atoms with E-state index in [0.29, 0.717) is 17.1 Å². The molecule has 2 atom stereocenters. The molecule has 2 N–H and O–H groups in total. The summed E-state index contributed by atoms with van der Waals surface area (Å²) in [6.07, 6.45) is 2.51. The number of amides is 2. The molecule has 1 fully saturated rings. The first-order valence-electron chi connectivity index (χ1n) is 9.36. The maximum atomic E-state index is 12.6. The van der Waals surface area contributed by atoms with E-state index in [1.54, 1.807) is 0 Å². The number of fused-ring (bicyclic) bond motifs is 1. The van der Waals surface area contributed by atoms with Crippen LogP contribution < -0.4 is 10.6 Å². The van der Waals surface area contributed by atoms with Gasteiger partial charge in [-0.1, -0.05) is 30.3 Å². The number of hydrogen-bond acceptors (Lipinski definition) is 5. The van der Waals surface area contributed by atoms with Gasteiger partial charge in [0.2, 0.25) is 0 Å². The number of carbonyl (C=O) groups excluding carboxylic acids is 2. The van der Waals surface area contributed by atoms with Crippen LogP contribution in [-0.2, 0) is 4.74 Å². The molecule has 2 aromatic carbocycles. The predicted molar refractivity (Wildman–Crippen MR) is 110 cm³/mol. The molecule has 3 aromatic rings. The Balaban J connectivity index is 1.32. The van der Waals surface area contributed by atoms with Gasteiger partial charge in [0, 0.05) is 18.2 Å². The second-order valence-corrected chi connectivity index (χ2v) is 7.87. The van der Waals surface area contributed by atoms with Crippen molar-refractivity contribution in [2.75, 3.05) is 5.32 Å². The average Bonchev–Trinajstić information content (AvgIpc) is 3.13. The molecule has 0 spiro atoms. The van der Waals surface area contributed by atoms with Crippen LogP contribution in [0.3, 0.4) is 0 Å². The molecule has 1 saturated carbocycles. The third-order valence-corrected chi connectivity index (χ3v) is 5.78. The lowest BCUT2D eigenvalue weighted by Crippen LogP contribution is -2.41. The lowest BCUT2D eigenvalue weighted by atomic mass is 9.93. The second kappa shape index (κ2) is 8.39. The summed E-state index contributed by atoms with van der Waals surface area (Å²) in [6.45, 7) is 0. The number of nitrogens with zero attached hydrogens (tertiary/aromatic N) is 1. The molecule has 1 aliphatic rings. The monoisotopic (exact) mass is 395 g/mol. The van der Waals surface area contributed by atoms with Gasteiger partial charge in [0.05, 0.1) is 10.2 Å². The van der Waals surface area contributed by atoms with E-state index in [-0.39, 0.29) is 18.1 Å². The fourth-order valence-electron chi connectivity index (χ4n) is 3.42. The van der Waals surface area contributed by atoms with Gasteiger partial charge in [0.25, 0.3) is 5.91 Å². The number of rotatable bonds is 4. The minimum absolute atomic E-state index is 0.0252. The Hall–Kier alpha value is -2.93. The number of thiazole rings is 1. The fourth-order valence-corrected chi connectivity index (χ4v) is 4.29. The quantitative estimate of drug-likeness (QED) is 0.677. The van der Waals surface area contributed by atoms with Crippen LogP contribution in [0.2, 0.25) is 0 Å². The maximum absolute atomic E-state index is 12.6. The Labute approximate surface area is 166 Å². The summed E-state index contributed by atoms with van der Waals surface area (Å²) in [5.41, 5.74) is 1.53. The van der Waals surface area contributed by atoms with Gasteiger partial charge in [-0.15, -0.1) is 11.3 Å². The summed E-state index contributed by atoms with van der Waals surface area (Å²) in [7, 11) is 0. The van der Waals surface area contributed by atoms with Gasteiger partial charge in [-0.25, -0.2) is 9.78 Å². The van der Waals surface area contributed by atoms with E-state index in [9.17, 15) is 9.59 Å². The molecule has 1 heterocycles. The number of anilines is 1. The SMILES string of the molecule is O=C(Nc1ccccc1)O[C@@H]1CCC[C@@H](NC(=O)c2nc3ccccc3s2)C1. The maximum Gasteiger partial charge on any atom is 0.411 e. The van der Waals surface area contributed by atoms with Crippen molar-refractivity contribution >= 4 is 39.2 Å². The molecule has 0 saturated heterocycles. The van der Waals surface area contributed by atoms with Crippen LogP contribution in [0, 0.1) is 0 Å². The highest BCUT2D eigenvalue weighted by Crippen LogP contribution is 2.24. The Kier molecular flexibility index (Phi) is 5.53. The lowest BCUT2D eigenvalue weighted by molar-refractivity contribution is 0.0712. The lowest BCUT2D eigenvalue weighted by Gasteiger charge is -2.29. The van der Waals surface area contributed by atoms with Crippen molar-refractivity contribution in [2.24, 2.45) is 0 Å². The van der Waals surface area contributed by atoms with Crippen molar-refractivity contribution in [3.05, 3.63) is 59.6 Å². The topological polar surface area (TPSA) is 80.3 Å². The molecular formula is C21H21N3O3S. The normalized spacial score (nSPS) is 19.1. The summed E-state index contributed by atoms with van der Waals surface area (Å²) in [4.78, 5) is 29.1. The zero-order chi connectivity index (χ0) is 19.3. The summed E-state index contributed by atoms with van der Waals surface area (Å²) >= 11 is 1.39. The molecule has 28 heavy (non-hydrogen) atoms. The molecule has 6 nitrogen and oxygen atoms in total. The molecule has 1 aliphatic carbocycles. The van der Waals surface area contributed by atoms with E-state index in [0.717, 1.165) is 29.5 Å². The number of nitrogens with one attached hydrogen (secondary N) is 2. The van der Waals surface area contributed by atoms with E-state index < -0.39 is 6.09 Å². The first kappa shape index (κ1) is 18.4. The van der Waals surface area contributed by atoms with Crippen LogP contribution in [0.15, 0.2) is 54.6 Å². The number of ether oxygens (including phenoxy) is 1. The third kappa shape index (κ3) is 4.48. The van der Waals surface area contributed by atoms with E-state index in [1.165, 1.54) is 11.3 Å². The zero-order valence-electron chi connectivity index (χ0n) is 15.3. The van der Waals surface area contributed by atoms with Crippen molar-refractivity contribution < 1.29 is 14.3 Å².